The average molecular weight is 433 g/mol. The minimum Gasteiger partial charge on any atom is -0.353 e. The van der Waals surface area contributed by atoms with Gasteiger partial charge in [-0.3, -0.25) is 9.59 Å². The summed E-state index contributed by atoms with van der Waals surface area (Å²) in [4.78, 5) is 26.2. The monoisotopic (exact) mass is 432 g/mol. The van der Waals surface area contributed by atoms with Crippen LogP contribution in [0.5, 0.6) is 0 Å². The lowest BCUT2D eigenvalue weighted by atomic mass is 9.84. The van der Waals surface area contributed by atoms with Crippen LogP contribution in [-0.4, -0.2) is 29.1 Å². The molecule has 3 fully saturated rings. The van der Waals surface area contributed by atoms with Gasteiger partial charge in [-0.15, -0.1) is 11.8 Å². The van der Waals surface area contributed by atoms with Crippen molar-refractivity contribution in [2.75, 3.05) is 0 Å². The molecule has 4 rings (SSSR count). The molecule has 1 heterocycles. The first-order chi connectivity index (χ1) is 14.1. The van der Waals surface area contributed by atoms with Crippen LogP contribution in [-0.2, 0) is 9.59 Å². The van der Waals surface area contributed by atoms with Crippen LogP contribution in [0, 0.1) is 5.92 Å². The van der Waals surface area contributed by atoms with Gasteiger partial charge in [0.2, 0.25) is 5.91 Å². The summed E-state index contributed by atoms with van der Waals surface area (Å²) in [6.45, 7) is 0. The lowest BCUT2D eigenvalue weighted by molar-refractivity contribution is -0.127. The Morgan fingerprint density at radius 1 is 1.10 bits per heavy atom. The van der Waals surface area contributed by atoms with Gasteiger partial charge in [-0.2, -0.15) is 0 Å². The fourth-order valence-electron chi connectivity index (χ4n) is 4.71. The first-order valence-electron chi connectivity index (χ1n) is 10.8. The smallest absolute Gasteiger partial charge is 0.257 e. The molecule has 4 nitrogen and oxygen atoms in total. The molecule has 3 atom stereocenters. The van der Waals surface area contributed by atoms with Gasteiger partial charge >= 0.3 is 0 Å². The Morgan fingerprint density at radius 2 is 1.86 bits per heavy atom. The maximum Gasteiger partial charge on any atom is 0.257 e. The molecule has 0 spiro atoms. The zero-order valence-electron chi connectivity index (χ0n) is 16.7. The molecule has 6 heteroatoms. The van der Waals surface area contributed by atoms with Crippen molar-refractivity contribution in [3.05, 3.63) is 39.8 Å². The summed E-state index contributed by atoms with van der Waals surface area (Å²) >= 11 is 7.88. The summed E-state index contributed by atoms with van der Waals surface area (Å²) in [6, 6.07) is 7.96. The minimum atomic E-state index is -0.0546. The zero-order valence-corrected chi connectivity index (χ0v) is 18.2. The van der Waals surface area contributed by atoms with Gasteiger partial charge in [0.25, 0.3) is 5.91 Å². The van der Waals surface area contributed by atoms with E-state index in [9.17, 15) is 9.59 Å². The standard InChI is InChI=1S/C23H29ClN2O2S/c24-18-10-6-5-7-15(18)14-21-23(28)26-19-13-16(11-12-20(19)29-21)22(27)25-17-8-3-1-2-4-9-17/h5-7,10,14,16-17,19-20H,1-4,8-9,11-13H2,(H,25,27)(H,26,28)/b21-14+. The van der Waals surface area contributed by atoms with Gasteiger partial charge in [-0.05, 0) is 49.8 Å². The molecule has 1 saturated heterocycles. The third kappa shape index (κ3) is 5.18. The molecule has 2 N–H and O–H groups in total. The van der Waals surface area contributed by atoms with Crippen molar-refractivity contribution in [3.8, 4) is 0 Å². The molecule has 3 unspecified atom stereocenters. The highest BCUT2D eigenvalue weighted by molar-refractivity contribution is 8.04. The topological polar surface area (TPSA) is 58.2 Å². The number of amides is 2. The summed E-state index contributed by atoms with van der Waals surface area (Å²) in [5, 5.41) is 7.42. The maximum atomic E-state index is 12.8. The summed E-state index contributed by atoms with van der Waals surface area (Å²) in [7, 11) is 0. The van der Waals surface area contributed by atoms with Crippen LogP contribution < -0.4 is 10.6 Å². The number of thioether (sulfide) groups is 1. The Balaban J connectivity index is 1.36. The number of benzene rings is 1. The zero-order chi connectivity index (χ0) is 20.2. The summed E-state index contributed by atoms with van der Waals surface area (Å²) in [5.41, 5.74) is 0.863. The Bertz CT molecular complexity index is 789. The van der Waals surface area contributed by atoms with Crippen molar-refractivity contribution in [1.82, 2.24) is 10.6 Å². The number of hydrogen-bond acceptors (Lipinski definition) is 3. The second-order valence-corrected chi connectivity index (χ2v) is 10.2. The second kappa shape index (κ2) is 9.57. The molecule has 1 aromatic carbocycles. The lowest BCUT2D eigenvalue weighted by Gasteiger charge is -2.39. The van der Waals surface area contributed by atoms with Gasteiger partial charge in [0.05, 0.1) is 4.91 Å². The molecule has 0 aromatic heterocycles. The molecular weight excluding hydrogens is 404 g/mol. The Morgan fingerprint density at radius 3 is 2.62 bits per heavy atom. The largest absolute Gasteiger partial charge is 0.353 e. The minimum absolute atomic E-state index is 0.00880. The van der Waals surface area contributed by atoms with Gasteiger partial charge in [0.1, 0.15) is 0 Å². The Labute approximate surface area is 182 Å². The van der Waals surface area contributed by atoms with Crippen LogP contribution in [0.2, 0.25) is 5.02 Å². The molecule has 2 amide bonds. The predicted octanol–water partition coefficient (Wildman–Crippen LogP) is 4.92. The van der Waals surface area contributed by atoms with E-state index in [1.807, 2.05) is 30.3 Å². The lowest BCUT2D eigenvalue weighted by Crippen LogP contribution is -2.52. The number of nitrogens with one attached hydrogen (secondary N) is 2. The fraction of sp³-hybridized carbons (Fsp3) is 0.565. The van der Waals surface area contributed by atoms with Gasteiger partial charge < -0.3 is 10.6 Å². The molecule has 1 aliphatic heterocycles. The number of halogens is 1. The van der Waals surface area contributed by atoms with Crippen LogP contribution in [0.1, 0.15) is 63.4 Å². The SMILES string of the molecule is O=C1NC2CC(C(=O)NC3CCCCCC3)CCC2S/C1=C/c1ccccc1Cl. The van der Waals surface area contributed by atoms with Crippen LogP contribution in [0.3, 0.4) is 0 Å². The maximum absolute atomic E-state index is 12.8. The van der Waals surface area contributed by atoms with Crippen molar-refractivity contribution >= 4 is 41.3 Å². The van der Waals surface area contributed by atoms with E-state index < -0.39 is 0 Å². The molecule has 29 heavy (non-hydrogen) atoms. The van der Waals surface area contributed by atoms with Crippen LogP contribution >= 0.6 is 23.4 Å². The van der Waals surface area contributed by atoms with Crippen molar-refractivity contribution in [2.45, 2.75) is 75.1 Å². The normalized spacial score (nSPS) is 29.6. The number of fused-ring (bicyclic) bond motifs is 1. The first kappa shape index (κ1) is 20.8. The number of carbonyl (C=O) groups excluding carboxylic acids is 2. The molecule has 2 aliphatic carbocycles. The number of rotatable bonds is 3. The molecule has 0 bridgehead atoms. The van der Waals surface area contributed by atoms with E-state index in [1.165, 1.54) is 25.7 Å². The molecule has 1 aromatic rings. The van der Waals surface area contributed by atoms with E-state index in [4.69, 9.17) is 11.6 Å². The highest BCUT2D eigenvalue weighted by atomic mass is 35.5. The van der Waals surface area contributed by atoms with Crippen LogP contribution in [0.4, 0.5) is 0 Å². The molecule has 3 aliphatic rings. The quantitative estimate of drug-likeness (QED) is 0.526. The number of hydrogen-bond donors (Lipinski definition) is 2. The fourth-order valence-corrected chi connectivity index (χ4v) is 6.18. The highest BCUT2D eigenvalue weighted by Gasteiger charge is 2.39. The van der Waals surface area contributed by atoms with Crippen molar-refractivity contribution in [1.29, 1.82) is 0 Å². The van der Waals surface area contributed by atoms with E-state index in [0.29, 0.717) is 21.2 Å². The third-order valence-electron chi connectivity index (χ3n) is 6.37. The number of carbonyl (C=O) groups is 2. The summed E-state index contributed by atoms with van der Waals surface area (Å²) < 4.78 is 0. The summed E-state index contributed by atoms with van der Waals surface area (Å²) in [6.07, 6.45) is 11.7. The second-order valence-electron chi connectivity index (χ2n) is 8.47. The van der Waals surface area contributed by atoms with Gasteiger partial charge in [0.15, 0.2) is 0 Å². The highest BCUT2D eigenvalue weighted by Crippen LogP contribution is 2.40. The van der Waals surface area contributed by atoms with Gasteiger partial charge in [-0.25, -0.2) is 0 Å². The molecule has 0 radical (unpaired) electrons. The van der Waals surface area contributed by atoms with E-state index in [1.54, 1.807) is 11.8 Å². The van der Waals surface area contributed by atoms with E-state index >= 15 is 0 Å². The van der Waals surface area contributed by atoms with Gasteiger partial charge in [0, 0.05) is 28.3 Å². The van der Waals surface area contributed by atoms with Gasteiger partial charge in [-0.1, -0.05) is 55.5 Å². The first-order valence-corrected chi connectivity index (χ1v) is 12.1. The van der Waals surface area contributed by atoms with Crippen LogP contribution in [0.25, 0.3) is 6.08 Å². The molecule has 2 saturated carbocycles. The predicted molar refractivity (Wildman–Crippen MR) is 120 cm³/mol. The van der Waals surface area contributed by atoms with E-state index in [-0.39, 0.29) is 23.8 Å². The summed E-state index contributed by atoms with van der Waals surface area (Å²) in [5.74, 6) is 0.141. The van der Waals surface area contributed by atoms with E-state index in [0.717, 1.165) is 37.7 Å². The van der Waals surface area contributed by atoms with Crippen molar-refractivity contribution in [3.63, 3.8) is 0 Å². The van der Waals surface area contributed by atoms with Crippen LogP contribution in [0.15, 0.2) is 29.2 Å². The Hall–Kier alpha value is -1.46. The van der Waals surface area contributed by atoms with Crippen molar-refractivity contribution in [2.24, 2.45) is 5.92 Å². The average Bonchev–Trinajstić information content (AvgIpc) is 2.98. The van der Waals surface area contributed by atoms with Crippen molar-refractivity contribution < 1.29 is 9.59 Å². The Kier molecular flexibility index (Phi) is 6.86. The van der Waals surface area contributed by atoms with E-state index in [2.05, 4.69) is 10.6 Å². The molecule has 156 valence electrons. The molecular formula is C23H29ClN2O2S. The third-order valence-corrected chi connectivity index (χ3v) is 8.14.